The average Bonchev–Trinajstić information content (AvgIpc) is 2.82. The van der Waals surface area contributed by atoms with Gasteiger partial charge in [-0.2, -0.15) is 21.3 Å². The van der Waals surface area contributed by atoms with Crippen molar-refractivity contribution in [2.24, 2.45) is 0 Å². The monoisotopic (exact) mass is 570 g/mol. The Balaban J connectivity index is 0.00000481. The summed E-state index contributed by atoms with van der Waals surface area (Å²) in [5, 5.41) is 0. The molecule has 2 aromatic rings. The molecule has 3 rings (SSSR count). The summed E-state index contributed by atoms with van der Waals surface area (Å²) < 4.78 is 57.2. The molecule has 1 aliphatic heterocycles. The van der Waals surface area contributed by atoms with Crippen LogP contribution in [-0.2, 0) is 26.8 Å². The van der Waals surface area contributed by atoms with Crippen LogP contribution < -0.4 is 0 Å². The number of hydrogen-bond donors (Lipinski definition) is 0. The van der Waals surface area contributed by atoms with Gasteiger partial charge in [-0.1, -0.05) is 54.6 Å². The van der Waals surface area contributed by atoms with Gasteiger partial charge in [-0.05, 0) is 56.1 Å². The van der Waals surface area contributed by atoms with Crippen molar-refractivity contribution in [2.75, 3.05) is 53.4 Å². The minimum atomic E-state index is -3.77. The second-order valence-corrected chi connectivity index (χ2v) is 13.6. The van der Waals surface area contributed by atoms with Crippen LogP contribution in [0.15, 0.2) is 71.6 Å². The minimum absolute atomic E-state index is 0. The van der Waals surface area contributed by atoms with Crippen LogP contribution in [-0.4, -0.2) is 88.0 Å². The van der Waals surface area contributed by atoms with Crippen LogP contribution in [0.25, 0.3) is 0 Å². The Kier molecular flexibility index (Phi) is 11.8. The Morgan fingerprint density at radius 1 is 0.811 bits per heavy atom. The Labute approximate surface area is 229 Å². The van der Waals surface area contributed by atoms with Gasteiger partial charge in [0.05, 0.1) is 4.90 Å². The van der Waals surface area contributed by atoms with Crippen molar-refractivity contribution in [1.82, 2.24) is 17.8 Å². The van der Waals surface area contributed by atoms with Gasteiger partial charge in [-0.25, -0.2) is 8.42 Å². The van der Waals surface area contributed by atoms with E-state index in [9.17, 15) is 16.8 Å². The number of benzene rings is 2. The fourth-order valence-electron chi connectivity index (χ4n) is 4.25. The quantitative estimate of drug-likeness (QED) is 0.498. The Morgan fingerprint density at radius 3 is 1.92 bits per heavy atom. The highest BCUT2D eigenvalue weighted by molar-refractivity contribution is 7.89. The number of hydrogen-bond acceptors (Lipinski definition) is 5. The number of sulfonamides is 1. The normalized spacial score (nSPS) is 18.1. The van der Waals surface area contributed by atoms with Crippen LogP contribution in [0.3, 0.4) is 0 Å². The molecule has 0 radical (unpaired) electrons. The highest BCUT2D eigenvalue weighted by atomic mass is 35.5. The zero-order valence-corrected chi connectivity index (χ0v) is 24.4. The molecule has 8 nitrogen and oxygen atoms in total. The van der Waals surface area contributed by atoms with E-state index in [2.05, 4.69) is 23.6 Å². The van der Waals surface area contributed by atoms with Crippen molar-refractivity contribution in [1.29, 1.82) is 0 Å². The van der Waals surface area contributed by atoms with Crippen molar-refractivity contribution >= 4 is 32.6 Å². The van der Waals surface area contributed by atoms with Gasteiger partial charge in [0.25, 0.3) is 10.2 Å². The van der Waals surface area contributed by atoms with Gasteiger partial charge in [-0.3, -0.25) is 4.90 Å². The number of nitrogens with zero attached hydrogens (tertiary/aromatic N) is 4. The molecular formula is C26H39ClN4O4S2. The first kappa shape index (κ1) is 31.4. The number of halogens is 1. The maximum absolute atomic E-state index is 13.6. The molecule has 0 atom stereocenters. The predicted molar refractivity (Wildman–Crippen MR) is 151 cm³/mol. The van der Waals surface area contributed by atoms with Gasteiger partial charge >= 0.3 is 0 Å². The highest BCUT2D eigenvalue weighted by Gasteiger charge is 2.29. The molecule has 0 aromatic heterocycles. The fourth-order valence-corrected chi connectivity index (χ4v) is 6.92. The molecule has 1 aliphatic rings. The van der Waals surface area contributed by atoms with Crippen LogP contribution in [0.1, 0.15) is 24.0 Å². The molecule has 0 amide bonds. The third kappa shape index (κ3) is 8.61. The van der Waals surface area contributed by atoms with E-state index in [1.165, 1.54) is 32.6 Å². The lowest BCUT2D eigenvalue weighted by Gasteiger charge is -2.31. The van der Waals surface area contributed by atoms with Crippen LogP contribution in [0.2, 0.25) is 0 Å². The standard InChI is InChI=1S/C26H38N4O4S2.ClH/c1-23-12-14-26(15-13-23)35(31,32)29-18-8-16-28(22-25-10-6-5-7-11-25)17-9-19-30(21-24(2)20-29)36(33,34)27(3)4;/h5-7,10-15H,2,8-9,16-22H2,1,3-4H3;1H. The summed E-state index contributed by atoms with van der Waals surface area (Å²) in [6.07, 6.45) is 1.32. The summed E-state index contributed by atoms with van der Waals surface area (Å²) in [5.41, 5.74) is 2.69. The second kappa shape index (κ2) is 13.8. The van der Waals surface area contributed by atoms with E-state index >= 15 is 0 Å². The second-order valence-electron chi connectivity index (χ2n) is 9.49. The minimum Gasteiger partial charge on any atom is -0.299 e. The molecule has 1 heterocycles. The molecule has 206 valence electrons. The van der Waals surface area contributed by atoms with Crippen molar-refractivity contribution in [2.45, 2.75) is 31.2 Å². The first-order valence-corrected chi connectivity index (χ1v) is 15.0. The van der Waals surface area contributed by atoms with Crippen LogP contribution in [0.4, 0.5) is 0 Å². The van der Waals surface area contributed by atoms with Gasteiger partial charge < -0.3 is 0 Å². The highest BCUT2D eigenvalue weighted by Crippen LogP contribution is 2.20. The molecule has 0 spiro atoms. The lowest BCUT2D eigenvalue weighted by atomic mass is 10.2. The van der Waals surface area contributed by atoms with E-state index in [-0.39, 0.29) is 30.4 Å². The molecule has 0 aliphatic carbocycles. The maximum Gasteiger partial charge on any atom is 0.281 e. The van der Waals surface area contributed by atoms with E-state index in [4.69, 9.17) is 0 Å². The van der Waals surface area contributed by atoms with E-state index in [1.807, 2.05) is 25.1 Å². The van der Waals surface area contributed by atoms with E-state index < -0.39 is 20.2 Å². The van der Waals surface area contributed by atoms with Crippen LogP contribution in [0, 0.1) is 6.92 Å². The summed E-state index contributed by atoms with van der Waals surface area (Å²) in [5.74, 6) is 0. The number of rotatable bonds is 6. The van der Waals surface area contributed by atoms with E-state index in [0.717, 1.165) is 12.1 Å². The van der Waals surface area contributed by atoms with E-state index in [0.29, 0.717) is 44.6 Å². The van der Waals surface area contributed by atoms with Crippen molar-refractivity contribution < 1.29 is 16.8 Å². The summed E-state index contributed by atoms with van der Waals surface area (Å²) in [6.45, 7) is 8.88. The van der Waals surface area contributed by atoms with Gasteiger partial charge in [0.1, 0.15) is 0 Å². The first-order chi connectivity index (χ1) is 17.0. The van der Waals surface area contributed by atoms with Gasteiger partial charge in [0, 0.05) is 46.8 Å². The summed E-state index contributed by atoms with van der Waals surface area (Å²) in [6, 6.07) is 16.9. The number of aryl methyl sites for hydroxylation is 1. The lowest BCUT2D eigenvalue weighted by Crippen LogP contribution is -2.44. The summed E-state index contributed by atoms with van der Waals surface area (Å²) in [4.78, 5) is 2.50. The topological polar surface area (TPSA) is 81.2 Å². The molecule has 0 unspecified atom stereocenters. The third-order valence-electron chi connectivity index (χ3n) is 6.26. The van der Waals surface area contributed by atoms with Crippen LogP contribution >= 0.6 is 12.4 Å². The Hall–Kier alpha value is -1.79. The maximum atomic E-state index is 13.6. The third-order valence-corrected chi connectivity index (χ3v) is 10.0. The van der Waals surface area contributed by atoms with Gasteiger partial charge in [0.15, 0.2) is 0 Å². The molecule has 1 saturated heterocycles. The average molecular weight is 571 g/mol. The lowest BCUT2D eigenvalue weighted by molar-refractivity contribution is 0.236. The molecule has 11 heteroatoms. The van der Waals surface area contributed by atoms with Gasteiger partial charge in [0.2, 0.25) is 10.0 Å². The van der Waals surface area contributed by atoms with Gasteiger partial charge in [-0.15, -0.1) is 12.4 Å². The van der Waals surface area contributed by atoms with Crippen molar-refractivity contribution in [3.63, 3.8) is 0 Å². The van der Waals surface area contributed by atoms with Crippen LogP contribution in [0.5, 0.6) is 0 Å². The first-order valence-electron chi connectivity index (χ1n) is 12.2. The molecular weight excluding hydrogens is 532 g/mol. The molecule has 37 heavy (non-hydrogen) atoms. The summed E-state index contributed by atoms with van der Waals surface area (Å²) in [7, 11) is -4.45. The molecule has 0 bridgehead atoms. The Bertz CT molecular complexity index is 1220. The SMILES string of the molecule is C=C1CN(S(=O)(=O)c2ccc(C)cc2)CCCN(Cc2ccccc2)CCCN(S(=O)(=O)N(C)C)C1.Cl. The predicted octanol–water partition coefficient (Wildman–Crippen LogP) is 3.37. The molecule has 1 fully saturated rings. The zero-order valence-electron chi connectivity index (χ0n) is 21.9. The largest absolute Gasteiger partial charge is 0.299 e. The zero-order chi connectivity index (χ0) is 26.3. The smallest absolute Gasteiger partial charge is 0.281 e. The van der Waals surface area contributed by atoms with Crippen molar-refractivity contribution in [3.8, 4) is 0 Å². The molecule has 2 aromatic carbocycles. The summed E-state index contributed by atoms with van der Waals surface area (Å²) >= 11 is 0. The molecule has 0 N–H and O–H groups in total. The van der Waals surface area contributed by atoms with E-state index in [1.54, 1.807) is 24.3 Å². The molecule has 0 saturated carbocycles. The van der Waals surface area contributed by atoms with Crippen molar-refractivity contribution in [3.05, 3.63) is 77.9 Å². The Morgan fingerprint density at radius 2 is 1.35 bits per heavy atom. The fraction of sp³-hybridized carbons (Fsp3) is 0.462.